The Labute approximate surface area is 111 Å². The van der Waals surface area contributed by atoms with Crippen molar-refractivity contribution in [2.75, 3.05) is 13.7 Å². The highest BCUT2D eigenvalue weighted by Crippen LogP contribution is 2.22. The van der Waals surface area contributed by atoms with Crippen molar-refractivity contribution in [3.63, 3.8) is 0 Å². The minimum atomic E-state index is -0.814. The highest BCUT2D eigenvalue weighted by Gasteiger charge is 2.03. The summed E-state index contributed by atoms with van der Waals surface area (Å²) in [5, 5.41) is 12.1. The molecular formula is C11H15Cl2NO3. The van der Waals surface area contributed by atoms with Crippen LogP contribution in [0.2, 0.25) is 5.02 Å². The molecule has 1 aromatic rings. The number of aliphatic carboxylic acids is 1. The molecule has 0 aliphatic rings. The number of carbonyl (C=O) groups is 1. The molecule has 0 spiro atoms. The van der Waals surface area contributed by atoms with E-state index in [0.717, 1.165) is 11.3 Å². The second-order valence-electron chi connectivity index (χ2n) is 3.28. The lowest BCUT2D eigenvalue weighted by Gasteiger charge is -2.09. The number of methoxy groups -OCH3 is 1. The standard InChI is InChI=1S/C11H14ClNO3.ClH/c1-16-10-3-2-9(12)6-8(10)7-13-5-4-11(14)15;/h2-3,6,13H,4-5,7H2,1H3,(H,14,15);1H. The first-order valence-corrected chi connectivity index (χ1v) is 5.26. The Morgan fingerprint density at radius 1 is 1.53 bits per heavy atom. The number of carboxylic acids is 1. The number of hydrogen-bond donors (Lipinski definition) is 2. The number of nitrogens with one attached hydrogen (secondary N) is 1. The third kappa shape index (κ3) is 5.77. The minimum absolute atomic E-state index is 0. The Morgan fingerprint density at radius 3 is 2.82 bits per heavy atom. The van der Waals surface area contributed by atoms with Crippen LogP contribution in [0.3, 0.4) is 0 Å². The molecule has 0 bridgehead atoms. The average Bonchev–Trinajstić information content (AvgIpc) is 2.24. The molecule has 0 aromatic heterocycles. The second kappa shape index (κ2) is 8.17. The monoisotopic (exact) mass is 279 g/mol. The van der Waals surface area contributed by atoms with E-state index >= 15 is 0 Å². The van der Waals surface area contributed by atoms with Crippen molar-refractivity contribution in [1.82, 2.24) is 5.32 Å². The first-order chi connectivity index (χ1) is 7.63. The van der Waals surface area contributed by atoms with Gasteiger partial charge in [0.15, 0.2) is 0 Å². The normalized spacial score (nSPS) is 9.53. The number of carboxylic acid groups (broad SMARTS) is 1. The zero-order valence-corrected chi connectivity index (χ0v) is 11.0. The van der Waals surface area contributed by atoms with Crippen LogP contribution in [0.25, 0.3) is 0 Å². The quantitative estimate of drug-likeness (QED) is 0.785. The molecule has 1 aromatic carbocycles. The Hall–Kier alpha value is -0.970. The zero-order valence-electron chi connectivity index (χ0n) is 9.40. The van der Waals surface area contributed by atoms with Crippen molar-refractivity contribution < 1.29 is 14.6 Å². The molecule has 0 unspecified atom stereocenters. The van der Waals surface area contributed by atoms with Crippen LogP contribution < -0.4 is 10.1 Å². The number of rotatable bonds is 6. The van der Waals surface area contributed by atoms with E-state index in [1.807, 2.05) is 0 Å². The Morgan fingerprint density at radius 2 is 2.24 bits per heavy atom. The lowest BCUT2D eigenvalue weighted by molar-refractivity contribution is -0.136. The van der Waals surface area contributed by atoms with Gasteiger partial charge in [-0.3, -0.25) is 4.79 Å². The molecule has 0 atom stereocenters. The fourth-order valence-corrected chi connectivity index (χ4v) is 1.50. The summed E-state index contributed by atoms with van der Waals surface area (Å²) in [4.78, 5) is 10.3. The maximum Gasteiger partial charge on any atom is 0.304 e. The number of benzene rings is 1. The smallest absolute Gasteiger partial charge is 0.304 e. The van der Waals surface area contributed by atoms with E-state index in [1.165, 1.54) is 0 Å². The summed E-state index contributed by atoms with van der Waals surface area (Å²) in [5.74, 6) is -0.0715. The first-order valence-electron chi connectivity index (χ1n) is 4.88. The van der Waals surface area contributed by atoms with E-state index in [4.69, 9.17) is 21.4 Å². The van der Waals surface area contributed by atoms with Gasteiger partial charge in [0, 0.05) is 23.7 Å². The van der Waals surface area contributed by atoms with Gasteiger partial charge >= 0.3 is 5.97 Å². The van der Waals surface area contributed by atoms with Crippen LogP contribution in [0.4, 0.5) is 0 Å². The Kier molecular flexibility index (Phi) is 7.70. The molecule has 0 saturated heterocycles. The van der Waals surface area contributed by atoms with Gasteiger partial charge < -0.3 is 15.2 Å². The van der Waals surface area contributed by atoms with Crippen molar-refractivity contribution in [2.24, 2.45) is 0 Å². The largest absolute Gasteiger partial charge is 0.496 e. The van der Waals surface area contributed by atoms with Crippen molar-refractivity contribution >= 4 is 30.0 Å². The van der Waals surface area contributed by atoms with Crippen LogP contribution in [0.15, 0.2) is 18.2 Å². The maximum absolute atomic E-state index is 10.3. The average molecular weight is 280 g/mol. The molecule has 0 heterocycles. The highest BCUT2D eigenvalue weighted by atomic mass is 35.5. The summed E-state index contributed by atoms with van der Waals surface area (Å²) in [6.07, 6.45) is 0.100. The second-order valence-corrected chi connectivity index (χ2v) is 3.71. The zero-order chi connectivity index (χ0) is 12.0. The molecule has 0 aliphatic heterocycles. The first kappa shape index (κ1) is 16.0. The van der Waals surface area contributed by atoms with Gasteiger partial charge in [0.25, 0.3) is 0 Å². The van der Waals surface area contributed by atoms with Crippen molar-refractivity contribution in [1.29, 1.82) is 0 Å². The summed E-state index contributed by atoms with van der Waals surface area (Å²) in [6.45, 7) is 0.960. The van der Waals surface area contributed by atoms with Crippen molar-refractivity contribution in [3.8, 4) is 5.75 Å². The third-order valence-electron chi connectivity index (χ3n) is 2.07. The number of hydrogen-bond acceptors (Lipinski definition) is 3. The molecule has 96 valence electrons. The van der Waals surface area contributed by atoms with E-state index < -0.39 is 5.97 Å². The summed E-state index contributed by atoms with van der Waals surface area (Å²) in [6, 6.07) is 5.34. The van der Waals surface area contributed by atoms with Crippen molar-refractivity contribution in [2.45, 2.75) is 13.0 Å². The fourth-order valence-electron chi connectivity index (χ4n) is 1.30. The summed E-state index contributed by atoms with van der Waals surface area (Å²) in [7, 11) is 1.59. The third-order valence-corrected chi connectivity index (χ3v) is 2.31. The summed E-state index contributed by atoms with van der Waals surface area (Å²) >= 11 is 5.86. The molecule has 17 heavy (non-hydrogen) atoms. The molecule has 0 saturated carbocycles. The molecule has 0 amide bonds. The molecule has 6 heteroatoms. The van der Waals surface area contributed by atoms with Gasteiger partial charge in [0.05, 0.1) is 13.5 Å². The van der Waals surface area contributed by atoms with Gasteiger partial charge in [-0.25, -0.2) is 0 Å². The van der Waals surface area contributed by atoms with Crippen LogP contribution in [-0.4, -0.2) is 24.7 Å². The predicted octanol–water partition coefficient (Wildman–Crippen LogP) is 2.33. The SMILES string of the molecule is COc1ccc(Cl)cc1CNCCC(=O)O.Cl. The maximum atomic E-state index is 10.3. The Balaban J connectivity index is 0.00000256. The van der Waals surface area contributed by atoms with Gasteiger partial charge in [0.2, 0.25) is 0 Å². The molecular weight excluding hydrogens is 265 g/mol. The van der Waals surface area contributed by atoms with E-state index in [-0.39, 0.29) is 18.8 Å². The van der Waals surface area contributed by atoms with Gasteiger partial charge in [-0.1, -0.05) is 11.6 Å². The van der Waals surface area contributed by atoms with Crippen LogP contribution in [0, 0.1) is 0 Å². The number of halogens is 2. The minimum Gasteiger partial charge on any atom is -0.496 e. The van der Waals surface area contributed by atoms with Crippen LogP contribution >= 0.6 is 24.0 Å². The topological polar surface area (TPSA) is 58.6 Å². The van der Waals surface area contributed by atoms with E-state index in [9.17, 15) is 4.79 Å². The van der Waals surface area contributed by atoms with E-state index in [1.54, 1.807) is 25.3 Å². The molecule has 4 nitrogen and oxygen atoms in total. The highest BCUT2D eigenvalue weighted by molar-refractivity contribution is 6.30. The molecule has 0 radical (unpaired) electrons. The van der Waals surface area contributed by atoms with Gasteiger partial charge in [0.1, 0.15) is 5.75 Å². The number of ether oxygens (including phenoxy) is 1. The van der Waals surface area contributed by atoms with Crippen LogP contribution in [-0.2, 0) is 11.3 Å². The van der Waals surface area contributed by atoms with Crippen LogP contribution in [0.1, 0.15) is 12.0 Å². The van der Waals surface area contributed by atoms with E-state index in [0.29, 0.717) is 18.1 Å². The van der Waals surface area contributed by atoms with Crippen LogP contribution in [0.5, 0.6) is 5.75 Å². The van der Waals surface area contributed by atoms with Gasteiger partial charge in [-0.2, -0.15) is 0 Å². The molecule has 2 N–H and O–H groups in total. The van der Waals surface area contributed by atoms with Crippen molar-refractivity contribution in [3.05, 3.63) is 28.8 Å². The lowest BCUT2D eigenvalue weighted by atomic mass is 10.2. The Bertz CT molecular complexity index is 372. The van der Waals surface area contributed by atoms with Gasteiger partial charge in [-0.15, -0.1) is 12.4 Å². The van der Waals surface area contributed by atoms with E-state index in [2.05, 4.69) is 5.32 Å². The summed E-state index contributed by atoms with van der Waals surface area (Å²) < 4.78 is 5.16. The molecule has 0 fully saturated rings. The summed E-state index contributed by atoms with van der Waals surface area (Å²) in [5.41, 5.74) is 0.917. The lowest BCUT2D eigenvalue weighted by Crippen LogP contribution is -2.18. The van der Waals surface area contributed by atoms with Gasteiger partial charge in [-0.05, 0) is 18.2 Å². The molecule has 0 aliphatic carbocycles. The predicted molar refractivity (Wildman–Crippen MR) is 69.2 cm³/mol. The molecule has 1 rings (SSSR count). The fraction of sp³-hybridized carbons (Fsp3) is 0.364.